The van der Waals surface area contributed by atoms with Crippen molar-refractivity contribution in [1.82, 2.24) is 0 Å². The summed E-state index contributed by atoms with van der Waals surface area (Å²) in [6, 6.07) is 20.6. The molecule has 4 saturated heterocycles. The molecule has 0 unspecified atom stereocenters. The molecule has 4 aliphatic rings. The zero-order chi connectivity index (χ0) is 44.0. The molecule has 0 radical (unpaired) electrons. The predicted octanol–water partition coefficient (Wildman–Crippen LogP) is 10.5. The summed E-state index contributed by atoms with van der Waals surface area (Å²) in [5, 5.41) is 0. The van der Waals surface area contributed by atoms with Gasteiger partial charge in [-0.15, -0.1) is 0 Å². The fraction of sp³-hybridized carbons (Fsp3) is 0.740. The molecule has 0 spiro atoms. The molecule has 11 heteroatoms. The average molecular weight is 867 g/mol. The summed E-state index contributed by atoms with van der Waals surface area (Å²) in [6.07, 6.45) is 3.58. The van der Waals surface area contributed by atoms with Gasteiger partial charge in [0.25, 0.3) is 0 Å². The van der Waals surface area contributed by atoms with Gasteiger partial charge in [-0.25, -0.2) is 0 Å². The van der Waals surface area contributed by atoms with Crippen molar-refractivity contribution in [1.29, 1.82) is 0 Å². The Kier molecular flexibility index (Phi) is 16.4. The molecular formula is C50H78O10Si. The first kappa shape index (κ1) is 48.3. The largest absolute Gasteiger partial charge is 0.462 e. The third kappa shape index (κ3) is 11.4. The highest BCUT2D eigenvalue weighted by Crippen LogP contribution is 2.51. The second-order valence-corrected chi connectivity index (χ2v) is 25.8. The first-order valence-electron chi connectivity index (χ1n) is 23.3. The minimum Gasteiger partial charge on any atom is -0.462 e. The SMILES string of the molecule is CO[C@]12C[C@H]3O[C@H](CCCOCc4ccccc4)C[C@H](OCc4ccccc4)[C@@H]3O[C@@H]1C[C@]1(C)O[C@H](COC(=O)C(C)(C)C)[C@H](O[Si](C(C)C)(C(C)C)C(C)C)CCC[C@H]1O2. The summed E-state index contributed by atoms with van der Waals surface area (Å²) in [7, 11) is -0.600. The van der Waals surface area contributed by atoms with E-state index in [0.717, 1.165) is 37.7 Å². The van der Waals surface area contributed by atoms with Crippen molar-refractivity contribution in [3.05, 3.63) is 71.8 Å². The molecule has 0 amide bonds. The van der Waals surface area contributed by atoms with E-state index in [4.69, 9.17) is 42.3 Å². The van der Waals surface area contributed by atoms with Crippen LogP contribution in [0, 0.1) is 5.41 Å². The molecular weight excluding hydrogens is 789 g/mol. The number of hydrogen-bond donors (Lipinski definition) is 0. The lowest BCUT2D eigenvalue weighted by Gasteiger charge is -2.60. The fourth-order valence-electron chi connectivity index (χ4n) is 10.7. The first-order chi connectivity index (χ1) is 29.0. The quantitative estimate of drug-likeness (QED) is 0.0868. The van der Waals surface area contributed by atoms with Crippen molar-refractivity contribution in [2.75, 3.05) is 20.3 Å². The molecule has 6 rings (SSSR count). The zero-order valence-electron chi connectivity index (χ0n) is 39.2. The molecule has 4 fully saturated rings. The van der Waals surface area contributed by atoms with Gasteiger partial charge >= 0.3 is 5.97 Å². The van der Waals surface area contributed by atoms with Gasteiger partial charge in [-0.3, -0.25) is 4.79 Å². The molecule has 0 aliphatic carbocycles. The van der Waals surface area contributed by atoms with Crippen LogP contribution in [-0.2, 0) is 60.3 Å². The Bertz CT molecular complexity index is 1630. The molecule has 0 N–H and O–H groups in total. The van der Waals surface area contributed by atoms with Gasteiger partial charge in [0.1, 0.15) is 24.9 Å². The Morgan fingerprint density at radius 1 is 0.820 bits per heavy atom. The molecule has 0 saturated carbocycles. The van der Waals surface area contributed by atoms with Gasteiger partial charge in [-0.1, -0.05) is 102 Å². The van der Waals surface area contributed by atoms with Crippen molar-refractivity contribution >= 4 is 14.3 Å². The van der Waals surface area contributed by atoms with Crippen LogP contribution in [0.3, 0.4) is 0 Å². The summed E-state index contributed by atoms with van der Waals surface area (Å²) >= 11 is 0. The fourth-order valence-corrected chi connectivity index (χ4v) is 16.3. The summed E-state index contributed by atoms with van der Waals surface area (Å²) in [4.78, 5) is 13.3. The van der Waals surface area contributed by atoms with Gasteiger partial charge in [0.05, 0.1) is 54.7 Å². The Morgan fingerprint density at radius 2 is 1.46 bits per heavy atom. The van der Waals surface area contributed by atoms with Crippen LogP contribution in [0.5, 0.6) is 0 Å². The van der Waals surface area contributed by atoms with E-state index in [-0.39, 0.29) is 49.2 Å². The number of methoxy groups -OCH3 is 1. The number of carbonyl (C=O) groups excluding carboxylic acids is 1. The third-order valence-electron chi connectivity index (χ3n) is 13.9. The summed E-state index contributed by atoms with van der Waals surface area (Å²) in [6.45, 7) is 23.5. The highest BCUT2D eigenvalue weighted by atomic mass is 28.4. The van der Waals surface area contributed by atoms with E-state index in [1.807, 2.05) is 57.2 Å². The van der Waals surface area contributed by atoms with Crippen LogP contribution in [0.25, 0.3) is 0 Å². The molecule has 2 aromatic rings. The Hall–Kier alpha value is -2.19. The van der Waals surface area contributed by atoms with Crippen molar-refractivity contribution < 1.29 is 47.1 Å². The second kappa shape index (κ2) is 20.8. The molecule has 10 atom stereocenters. The molecule has 342 valence electrons. The maximum absolute atomic E-state index is 13.3. The highest BCUT2D eigenvalue weighted by Gasteiger charge is 2.63. The Morgan fingerprint density at radius 3 is 2.07 bits per heavy atom. The van der Waals surface area contributed by atoms with Gasteiger partial charge in [0.15, 0.2) is 5.79 Å². The van der Waals surface area contributed by atoms with E-state index < -0.39 is 37.3 Å². The van der Waals surface area contributed by atoms with Crippen molar-refractivity contribution in [2.45, 2.75) is 211 Å². The first-order valence-corrected chi connectivity index (χ1v) is 25.5. The molecule has 4 aliphatic heterocycles. The minimum atomic E-state index is -2.33. The maximum Gasteiger partial charge on any atom is 0.311 e. The van der Waals surface area contributed by atoms with Crippen molar-refractivity contribution in [3.8, 4) is 0 Å². The van der Waals surface area contributed by atoms with Gasteiger partial charge in [-0.2, -0.15) is 0 Å². The summed E-state index contributed by atoms with van der Waals surface area (Å²) < 4.78 is 61.5. The lowest BCUT2D eigenvalue weighted by molar-refractivity contribution is -0.411. The van der Waals surface area contributed by atoms with Gasteiger partial charge in [0, 0.05) is 33.0 Å². The highest BCUT2D eigenvalue weighted by molar-refractivity contribution is 6.77. The molecule has 10 nitrogen and oxygen atoms in total. The molecule has 4 heterocycles. The van der Waals surface area contributed by atoms with Gasteiger partial charge < -0.3 is 42.3 Å². The number of ether oxygens (including phenoxy) is 8. The van der Waals surface area contributed by atoms with E-state index in [2.05, 4.69) is 72.7 Å². The minimum absolute atomic E-state index is 0.0262. The lowest BCUT2D eigenvalue weighted by Crippen LogP contribution is -2.71. The Labute approximate surface area is 368 Å². The van der Waals surface area contributed by atoms with Crippen molar-refractivity contribution in [3.63, 3.8) is 0 Å². The van der Waals surface area contributed by atoms with Gasteiger partial charge in [-0.05, 0) is 87.5 Å². The maximum atomic E-state index is 13.3. The predicted molar refractivity (Wildman–Crippen MR) is 240 cm³/mol. The number of hydrogen-bond acceptors (Lipinski definition) is 10. The van der Waals surface area contributed by atoms with Crippen LogP contribution in [-0.4, -0.2) is 94.8 Å². The number of benzene rings is 2. The number of esters is 1. The van der Waals surface area contributed by atoms with E-state index in [1.165, 1.54) is 5.56 Å². The monoisotopic (exact) mass is 867 g/mol. The molecule has 0 aromatic heterocycles. The number of fused-ring (bicyclic) bond motifs is 3. The summed E-state index contributed by atoms with van der Waals surface area (Å²) in [5.74, 6) is -1.28. The normalized spacial score (nSPS) is 32.2. The summed E-state index contributed by atoms with van der Waals surface area (Å²) in [5.41, 5.74) is 2.04. The van der Waals surface area contributed by atoms with Crippen molar-refractivity contribution in [2.24, 2.45) is 5.41 Å². The van der Waals surface area contributed by atoms with Crippen LogP contribution >= 0.6 is 0 Å². The van der Waals surface area contributed by atoms with E-state index in [9.17, 15) is 4.79 Å². The molecule has 2 aromatic carbocycles. The second-order valence-electron chi connectivity index (χ2n) is 20.4. The van der Waals surface area contributed by atoms with Crippen LogP contribution in [0.15, 0.2) is 60.7 Å². The van der Waals surface area contributed by atoms with Gasteiger partial charge in [0.2, 0.25) is 8.32 Å². The lowest BCUT2D eigenvalue weighted by atomic mass is 9.77. The number of carbonyl (C=O) groups is 1. The standard InChI is InChI=1S/C50H78O10Si/c1-34(2)61(35(3)4,36(5)6)60-40-25-18-26-44-49(10,58-43(40)33-55-47(51)48(7,8)9)30-45-50(52-11,59-44)29-42-46(57-45)41(54-32-38-22-16-13-17-23-38)28-39(56-42)24-19-27-53-31-37-20-14-12-15-21-37/h12-17,20-23,34-36,39-46H,18-19,24-33H2,1-11H3/t39-,40-,41+,42-,43-,44-,45-,46+,49+,50+/m1/s1. The smallest absolute Gasteiger partial charge is 0.311 e. The number of rotatable bonds is 17. The van der Waals surface area contributed by atoms with E-state index in [0.29, 0.717) is 55.7 Å². The molecule has 0 bridgehead atoms. The van der Waals surface area contributed by atoms with Crippen LogP contribution in [0.1, 0.15) is 132 Å². The topological polar surface area (TPSA) is 100 Å². The van der Waals surface area contributed by atoms with Crippen LogP contribution in [0.2, 0.25) is 16.6 Å². The third-order valence-corrected chi connectivity index (χ3v) is 20.1. The molecule has 61 heavy (non-hydrogen) atoms. The van der Waals surface area contributed by atoms with Crippen LogP contribution < -0.4 is 0 Å². The average Bonchev–Trinajstić information content (AvgIpc) is 3.21. The van der Waals surface area contributed by atoms with E-state index in [1.54, 1.807) is 7.11 Å². The zero-order valence-corrected chi connectivity index (χ0v) is 40.2. The van der Waals surface area contributed by atoms with Crippen LogP contribution in [0.4, 0.5) is 0 Å². The Balaban J connectivity index is 1.22. The van der Waals surface area contributed by atoms with E-state index >= 15 is 0 Å².